The fraction of sp³-hybridized carbons (Fsp3) is 0.500. The number of nitrogens with two attached hydrogens (primary N) is 1. The lowest BCUT2D eigenvalue weighted by atomic mass is 10.2. The van der Waals surface area contributed by atoms with Crippen molar-refractivity contribution in [3.63, 3.8) is 0 Å². The molecule has 3 N–H and O–H groups in total. The summed E-state index contributed by atoms with van der Waals surface area (Å²) in [4.78, 5) is 13.3. The van der Waals surface area contributed by atoms with E-state index in [2.05, 4.69) is 5.32 Å². The van der Waals surface area contributed by atoms with Gasteiger partial charge in [-0.1, -0.05) is 0 Å². The number of nitrogens with one attached hydrogen (secondary N) is 1. The minimum Gasteiger partial charge on any atom is -0.398 e. The van der Waals surface area contributed by atoms with Crippen LogP contribution in [0.1, 0.15) is 21.0 Å². The highest BCUT2D eigenvalue weighted by molar-refractivity contribution is 7.91. The van der Waals surface area contributed by atoms with Crippen LogP contribution in [0.15, 0.2) is 6.07 Å². The average molecular weight is 274 g/mol. The predicted octanol–water partition coefficient (Wildman–Crippen LogP) is 0.556. The standard InChI is InChI=1S/C10H14N2O3S2/c1-6-8(11)4-9(16-6)10(13)12-7-2-3-17(14,15)5-7/h4,7H,2-3,5,11H2,1H3,(H,12,13). The van der Waals surface area contributed by atoms with Gasteiger partial charge in [0.25, 0.3) is 5.91 Å². The first kappa shape index (κ1) is 12.4. The Morgan fingerprint density at radius 1 is 1.59 bits per heavy atom. The van der Waals surface area contributed by atoms with Crippen LogP contribution in [0, 0.1) is 6.92 Å². The maximum Gasteiger partial charge on any atom is 0.261 e. The summed E-state index contributed by atoms with van der Waals surface area (Å²) in [6.07, 6.45) is 0.494. The SMILES string of the molecule is Cc1sc(C(=O)NC2CCS(=O)(=O)C2)cc1N. The third kappa shape index (κ3) is 2.78. The van der Waals surface area contributed by atoms with Crippen LogP contribution in [-0.4, -0.2) is 31.9 Å². The first-order chi connectivity index (χ1) is 7.87. The highest BCUT2D eigenvalue weighted by atomic mass is 32.2. The van der Waals surface area contributed by atoms with Crippen molar-refractivity contribution in [1.29, 1.82) is 0 Å². The summed E-state index contributed by atoms with van der Waals surface area (Å²) in [6, 6.07) is 1.36. The van der Waals surface area contributed by atoms with Crippen LogP contribution in [0.2, 0.25) is 0 Å². The molecule has 1 fully saturated rings. The Kier molecular flexibility index (Phi) is 3.13. The van der Waals surface area contributed by atoms with Gasteiger partial charge in [-0.15, -0.1) is 11.3 Å². The van der Waals surface area contributed by atoms with Crippen LogP contribution in [0.5, 0.6) is 0 Å². The van der Waals surface area contributed by atoms with E-state index in [-0.39, 0.29) is 23.5 Å². The number of hydrogen-bond donors (Lipinski definition) is 2. The molecule has 0 saturated carbocycles. The van der Waals surface area contributed by atoms with Gasteiger partial charge in [-0.2, -0.15) is 0 Å². The molecule has 94 valence electrons. The van der Waals surface area contributed by atoms with E-state index in [0.717, 1.165) is 4.88 Å². The fourth-order valence-corrected chi connectivity index (χ4v) is 4.29. The van der Waals surface area contributed by atoms with E-state index < -0.39 is 9.84 Å². The number of carbonyl (C=O) groups is 1. The van der Waals surface area contributed by atoms with Crippen LogP contribution in [-0.2, 0) is 9.84 Å². The number of sulfone groups is 1. The first-order valence-corrected chi connectivity index (χ1v) is 7.88. The van der Waals surface area contributed by atoms with Crippen molar-refractivity contribution in [1.82, 2.24) is 5.32 Å². The summed E-state index contributed by atoms with van der Waals surface area (Å²) in [6.45, 7) is 1.84. The maximum atomic E-state index is 11.8. The van der Waals surface area contributed by atoms with Crippen LogP contribution in [0.3, 0.4) is 0 Å². The van der Waals surface area contributed by atoms with E-state index in [4.69, 9.17) is 5.73 Å². The molecule has 1 atom stereocenters. The molecule has 1 aromatic heterocycles. The Morgan fingerprint density at radius 2 is 2.29 bits per heavy atom. The molecule has 0 radical (unpaired) electrons. The molecule has 1 aliphatic rings. The summed E-state index contributed by atoms with van der Waals surface area (Å²) in [7, 11) is -2.96. The minimum absolute atomic E-state index is 0.0403. The monoisotopic (exact) mass is 274 g/mol. The van der Waals surface area contributed by atoms with Gasteiger partial charge >= 0.3 is 0 Å². The lowest BCUT2D eigenvalue weighted by molar-refractivity contribution is 0.0945. The normalized spacial score (nSPS) is 22.5. The molecule has 1 amide bonds. The molecular weight excluding hydrogens is 260 g/mol. The zero-order valence-electron chi connectivity index (χ0n) is 9.39. The van der Waals surface area contributed by atoms with E-state index in [0.29, 0.717) is 17.0 Å². The lowest BCUT2D eigenvalue weighted by Crippen LogP contribution is -2.35. The molecule has 1 saturated heterocycles. The van der Waals surface area contributed by atoms with E-state index >= 15 is 0 Å². The summed E-state index contributed by atoms with van der Waals surface area (Å²) >= 11 is 1.32. The van der Waals surface area contributed by atoms with Crippen LogP contribution in [0.25, 0.3) is 0 Å². The number of anilines is 1. The number of aryl methyl sites for hydroxylation is 1. The summed E-state index contributed by atoms with van der Waals surface area (Å²) in [5, 5.41) is 2.73. The third-order valence-corrected chi connectivity index (χ3v) is 5.58. The lowest BCUT2D eigenvalue weighted by Gasteiger charge is -2.08. The number of rotatable bonds is 2. The first-order valence-electron chi connectivity index (χ1n) is 5.24. The zero-order valence-corrected chi connectivity index (χ0v) is 11.0. The average Bonchev–Trinajstić information content (AvgIpc) is 2.71. The minimum atomic E-state index is -2.96. The predicted molar refractivity (Wildman–Crippen MR) is 68.0 cm³/mol. The quantitative estimate of drug-likeness (QED) is 0.824. The zero-order chi connectivity index (χ0) is 12.6. The summed E-state index contributed by atoms with van der Waals surface area (Å²) in [5.74, 6) is -0.0424. The van der Waals surface area contributed by atoms with Gasteiger partial charge in [0.2, 0.25) is 0 Å². The second-order valence-electron chi connectivity index (χ2n) is 4.20. The summed E-state index contributed by atoms with van der Waals surface area (Å²) in [5.41, 5.74) is 6.26. The van der Waals surface area contributed by atoms with Crippen LogP contribution < -0.4 is 11.1 Å². The third-order valence-electron chi connectivity index (χ3n) is 2.75. The van der Waals surface area contributed by atoms with Gasteiger partial charge in [-0.05, 0) is 19.4 Å². The van der Waals surface area contributed by atoms with Crippen LogP contribution in [0.4, 0.5) is 5.69 Å². The molecule has 1 aromatic rings. The number of carbonyl (C=O) groups excluding carboxylic acids is 1. The van der Waals surface area contributed by atoms with E-state index in [9.17, 15) is 13.2 Å². The van der Waals surface area contributed by atoms with Crippen molar-refractivity contribution in [3.8, 4) is 0 Å². The molecule has 1 unspecified atom stereocenters. The highest BCUT2D eigenvalue weighted by Crippen LogP contribution is 2.23. The van der Waals surface area contributed by atoms with Gasteiger partial charge in [0.05, 0.1) is 16.4 Å². The molecule has 17 heavy (non-hydrogen) atoms. The van der Waals surface area contributed by atoms with Crippen molar-refractivity contribution in [2.24, 2.45) is 0 Å². The smallest absolute Gasteiger partial charge is 0.261 e. The second kappa shape index (κ2) is 4.30. The number of thiophene rings is 1. The molecule has 0 aliphatic carbocycles. The van der Waals surface area contributed by atoms with Crippen LogP contribution >= 0.6 is 11.3 Å². The Balaban J connectivity index is 2.03. The molecule has 7 heteroatoms. The van der Waals surface area contributed by atoms with Gasteiger partial charge in [0.15, 0.2) is 9.84 Å². The number of amides is 1. The largest absolute Gasteiger partial charge is 0.398 e. The molecule has 2 heterocycles. The topological polar surface area (TPSA) is 89.3 Å². The Bertz CT molecular complexity index is 528. The van der Waals surface area contributed by atoms with E-state index in [1.807, 2.05) is 6.92 Å². The van der Waals surface area contributed by atoms with E-state index in [1.54, 1.807) is 6.07 Å². The summed E-state index contributed by atoms with van der Waals surface area (Å²) < 4.78 is 22.5. The highest BCUT2D eigenvalue weighted by Gasteiger charge is 2.29. The second-order valence-corrected chi connectivity index (χ2v) is 7.68. The van der Waals surface area contributed by atoms with Crippen molar-refractivity contribution >= 4 is 32.8 Å². The number of hydrogen-bond acceptors (Lipinski definition) is 5. The molecule has 5 nitrogen and oxygen atoms in total. The molecule has 1 aliphatic heterocycles. The fourth-order valence-electron chi connectivity index (χ4n) is 1.77. The van der Waals surface area contributed by atoms with Gasteiger partial charge in [0, 0.05) is 16.6 Å². The Labute approximate surface area is 104 Å². The van der Waals surface area contributed by atoms with Gasteiger partial charge < -0.3 is 11.1 Å². The van der Waals surface area contributed by atoms with Gasteiger partial charge in [0.1, 0.15) is 0 Å². The molecule has 2 rings (SSSR count). The molecular formula is C10H14N2O3S2. The van der Waals surface area contributed by atoms with E-state index in [1.165, 1.54) is 11.3 Å². The number of nitrogen functional groups attached to an aromatic ring is 1. The van der Waals surface area contributed by atoms with Gasteiger partial charge in [-0.25, -0.2) is 8.42 Å². The molecule has 0 aromatic carbocycles. The van der Waals surface area contributed by atoms with Gasteiger partial charge in [-0.3, -0.25) is 4.79 Å². The van der Waals surface area contributed by atoms with Crippen molar-refractivity contribution in [3.05, 3.63) is 15.8 Å². The molecule has 0 bridgehead atoms. The van der Waals surface area contributed by atoms with Crippen molar-refractivity contribution in [2.75, 3.05) is 17.2 Å². The Morgan fingerprint density at radius 3 is 2.76 bits per heavy atom. The Hall–Kier alpha value is -1.08. The van der Waals surface area contributed by atoms with Crippen molar-refractivity contribution in [2.45, 2.75) is 19.4 Å². The van der Waals surface area contributed by atoms with Crippen molar-refractivity contribution < 1.29 is 13.2 Å². The maximum absolute atomic E-state index is 11.8. The molecule has 0 spiro atoms.